The van der Waals surface area contributed by atoms with Crippen molar-refractivity contribution in [2.75, 3.05) is 6.54 Å². The maximum absolute atomic E-state index is 4.66. The number of aryl methyl sites for hydroxylation is 2. The Morgan fingerprint density at radius 1 is 1.30 bits per heavy atom. The molecule has 1 unspecified atom stereocenters. The molecule has 0 bridgehead atoms. The van der Waals surface area contributed by atoms with E-state index in [1.165, 1.54) is 48.4 Å². The molecule has 0 aliphatic carbocycles. The Kier molecular flexibility index (Phi) is 4.22. The summed E-state index contributed by atoms with van der Waals surface area (Å²) in [4.78, 5) is 4.14. The monoisotopic (exact) mass is 289 g/mol. The molecule has 0 N–H and O–H groups in total. The Morgan fingerprint density at radius 2 is 2.20 bits per heavy atom. The maximum atomic E-state index is 4.66. The minimum Gasteiger partial charge on any atom is -0.290 e. The van der Waals surface area contributed by atoms with E-state index in [-0.39, 0.29) is 0 Å². The highest BCUT2D eigenvalue weighted by Crippen LogP contribution is 2.31. The molecule has 108 valence electrons. The summed E-state index contributed by atoms with van der Waals surface area (Å²) >= 11 is 1.89. The molecule has 2 aromatic rings. The molecule has 1 atom stereocenters. The first-order valence-electron chi connectivity index (χ1n) is 7.50. The van der Waals surface area contributed by atoms with Crippen LogP contribution in [0.1, 0.15) is 47.9 Å². The summed E-state index contributed by atoms with van der Waals surface area (Å²) in [5.41, 5.74) is 2.67. The molecular formula is C16H23N3S. The summed E-state index contributed by atoms with van der Waals surface area (Å²) in [6.07, 6.45) is 7.29. The predicted molar refractivity (Wildman–Crippen MR) is 83.9 cm³/mol. The third-order valence-corrected chi connectivity index (χ3v) is 5.26. The van der Waals surface area contributed by atoms with Crippen molar-refractivity contribution in [2.45, 2.75) is 45.2 Å². The van der Waals surface area contributed by atoms with Gasteiger partial charge in [-0.1, -0.05) is 12.8 Å². The summed E-state index contributed by atoms with van der Waals surface area (Å²) in [6.45, 7) is 4.49. The van der Waals surface area contributed by atoms with Gasteiger partial charge in [-0.3, -0.25) is 9.58 Å². The highest BCUT2D eigenvalue weighted by atomic mass is 32.1. The number of rotatable bonds is 3. The summed E-state index contributed by atoms with van der Waals surface area (Å²) in [7, 11) is 2.01. The van der Waals surface area contributed by atoms with Crippen molar-refractivity contribution in [3.63, 3.8) is 0 Å². The van der Waals surface area contributed by atoms with Gasteiger partial charge in [-0.2, -0.15) is 5.10 Å². The largest absolute Gasteiger partial charge is 0.290 e. The zero-order valence-electron chi connectivity index (χ0n) is 12.4. The van der Waals surface area contributed by atoms with Gasteiger partial charge in [0.25, 0.3) is 0 Å². The first kappa shape index (κ1) is 13.8. The SMILES string of the molecule is Cc1ccsc1CN1CCCCCC1c1ccn(C)n1. The second kappa shape index (κ2) is 6.10. The second-order valence-electron chi connectivity index (χ2n) is 5.78. The number of hydrogen-bond donors (Lipinski definition) is 0. The molecule has 0 amide bonds. The lowest BCUT2D eigenvalue weighted by Crippen LogP contribution is -2.28. The van der Waals surface area contributed by atoms with Crippen LogP contribution in [-0.2, 0) is 13.6 Å². The van der Waals surface area contributed by atoms with Crippen LogP contribution in [0.2, 0.25) is 0 Å². The zero-order chi connectivity index (χ0) is 13.9. The molecule has 1 saturated heterocycles. The molecule has 3 nitrogen and oxygen atoms in total. The first-order valence-corrected chi connectivity index (χ1v) is 8.38. The van der Waals surface area contributed by atoms with Crippen molar-refractivity contribution in [3.05, 3.63) is 39.8 Å². The molecule has 2 aromatic heterocycles. The Hall–Kier alpha value is -1.13. The Balaban J connectivity index is 1.82. The average molecular weight is 289 g/mol. The highest BCUT2D eigenvalue weighted by molar-refractivity contribution is 7.10. The average Bonchev–Trinajstić information content (AvgIpc) is 2.95. The first-order chi connectivity index (χ1) is 9.74. The number of aromatic nitrogens is 2. The molecule has 1 aliphatic heterocycles. The number of nitrogens with zero attached hydrogens (tertiary/aromatic N) is 3. The number of likely N-dealkylation sites (tertiary alicyclic amines) is 1. The summed E-state index contributed by atoms with van der Waals surface area (Å²) in [5.74, 6) is 0. The van der Waals surface area contributed by atoms with Crippen LogP contribution in [0, 0.1) is 6.92 Å². The van der Waals surface area contributed by atoms with Crippen LogP contribution in [0.3, 0.4) is 0 Å². The standard InChI is InChI=1S/C16H23N3S/c1-13-8-11-20-16(13)12-19-9-5-3-4-6-15(19)14-7-10-18(2)17-14/h7-8,10-11,15H,3-6,9,12H2,1-2H3. The molecule has 3 rings (SSSR count). The van der Waals surface area contributed by atoms with E-state index in [0.717, 1.165) is 6.54 Å². The molecule has 1 aliphatic rings. The summed E-state index contributed by atoms with van der Waals surface area (Å²) < 4.78 is 1.93. The smallest absolute Gasteiger partial charge is 0.0796 e. The molecular weight excluding hydrogens is 266 g/mol. The fourth-order valence-corrected chi connectivity index (χ4v) is 3.98. The zero-order valence-corrected chi connectivity index (χ0v) is 13.2. The maximum Gasteiger partial charge on any atom is 0.0796 e. The van der Waals surface area contributed by atoms with Crippen molar-refractivity contribution in [1.29, 1.82) is 0 Å². The van der Waals surface area contributed by atoms with Gasteiger partial charge in [0.2, 0.25) is 0 Å². The van der Waals surface area contributed by atoms with Gasteiger partial charge >= 0.3 is 0 Å². The van der Waals surface area contributed by atoms with Gasteiger partial charge in [-0.05, 0) is 49.4 Å². The van der Waals surface area contributed by atoms with Gasteiger partial charge in [-0.25, -0.2) is 0 Å². The Labute approximate surface area is 125 Å². The van der Waals surface area contributed by atoms with Crippen LogP contribution in [0.25, 0.3) is 0 Å². The van der Waals surface area contributed by atoms with E-state index in [1.807, 2.05) is 23.1 Å². The minimum absolute atomic E-state index is 0.486. The lowest BCUT2D eigenvalue weighted by atomic mass is 10.1. The molecule has 0 saturated carbocycles. The van der Waals surface area contributed by atoms with E-state index in [0.29, 0.717) is 6.04 Å². The fourth-order valence-electron chi connectivity index (χ4n) is 3.05. The molecule has 20 heavy (non-hydrogen) atoms. The summed E-state index contributed by atoms with van der Waals surface area (Å²) in [6, 6.07) is 4.90. The molecule has 0 spiro atoms. The van der Waals surface area contributed by atoms with Gasteiger partial charge in [-0.15, -0.1) is 11.3 Å². The van der Waals surface area contributed by atoms with Gasteiger partial charge in [0, 0.05) is 24.7 Å². The van der Waals surface area contributed by atoms with E-state index in [4.69, 9.17) is 0 Å². The number of hydrogen-bond acceptors (Lipinski definition) is 3. The van der Waals surface area contributed by atoms with Gasteiger partial charge in [0.05, 0.1) is 11.7 Å². The van der Waals surface area contributed by atoms with Crippen molar-refractivity contribution in [1.82, 2.24) is 14.7 Å². The van der Waals surface area contributed by atoms with Crippen LogP contribution in [0.5, 0.6) is 0 Å². The molecule has 3 heterocycles. The fraction of sp³-hybridized carbons (Fsp3) is 0.562. The molecule has 0 aromatic carbocycles. The van der Waals surface area contributed by atoms with Crippen LogP contribution in [0.4, 0.5) is 0 Å². The van der Waals surface area contributed by atoms with E-state index in [2.05, 4.69) is 40.6 Å². The van der Waals surface area contributed by atoms with Gasteiger partial charge in [0.1, 0.15) is 0 Å². The lowest BCUT2D eigenvalue weighted by Gasteiger charge is -2.28. The van der Waals surface area contributed by atoms with Crippen LogP contribution in [0.15, 0.2) is 23.7 Å². The number of thiophene rings is 1. The van der Waals surface area contributed by atoms with Crippen LogP contribution in [-0.4, -0.2) is 21.2 Å². The third-order valence-electron chi connectivity index (χ3n) is 4.25. The minimum atomic E-state index is 0.486. The normalized spacial score (nSPS) is 21.0. The third kappa shape index (κ3) is 2.96. The van der Waals surface area contributed by atoms with Crippen molar-refractivity contribution < 1.29 is 0 Å². The Bertz CT molecular complexity index is 558. The lowest BCUT2D eigenvalue weighted by molar-refractivity contribution is 0.189. The van der Waals surface area contributed by atoms with Crippen LogP contribution >= 0.6 is 11.3 Å². The van der Waals surface area contributed by atoms with E-state index >= 15 is 0 Å². The van der Waals surface area contributed by atoms with E-state index in [1.54, 1.807) is 0 Å². The highest BCUT2D eigenvalue weighted by Gasteiger charge is 2.25. The van der Waals surface area contributed by atoms with Crippen molar-refractivity contribution in [2.24, 2.45) is 7.05 Å². The van der Waals surface area contributed by atoms with Crippen molar-refractivity contribution in [3.8, 4) is 0 Å². The summed E-state index contributed by atoms with van der Waals surface area (Å²) in [5, 5.41) is 6.86. The quantitative estimate of drug-likeness (QED) is 0.854. The van der Waals surface area contributed by atoms with Crippen LogP contribution < -0.4 is 0 Å². The van der Waals surface area contributed by atoms with E-state index in [9.17, 15) is 0 Å². The van der Waals surface area contributed by atoms with E-state index < -0.39 is 0 Å². The molecule has 4 heteroatoms. The van der Waals surface area contributed by atoms with Gasteiger partial charge < -0.3 is 0 Å². The molecule has 1 fully saturated rings. The predicted octanol–water partition coefficient (Wildman–Crippen LogP) is 3.91. The van der Waals surface area contributed by atoms with Gasteiger partial charge in [0.15, 0.2) is 0 Å². The van der Waals surface area contributed by atoms with Crippen molar-refractivity contribution >= 4 is 11.3 Å². The molecule has 0 radical (unpaired) electrons. The topological polar surface area (TPSA) is 21.1 Å². The second-order valence-corrected chi connectivity index (χ2v) is 6.78. The Morgan fingerprint density at radius 3 is 2.90 bits per heavy atom.